The SMILES string of the molecule is Cc1ccc(OCC(C)(C)C)nc1. The predicted molar refractivity (Wildman–Crippen MR) is 53.9 cm³/mol. The number of hydrogen-bond donors (Lipinski definition) is 0. The van der Waals surface area contributed by atoms with Crippen molar-refractivity contribution in [3.63, 3.8) is 0 Å². The monoisotopic (exact) mass is 179 g/mol. The lowest BCUT2D eigenvalue weighted by Crippen LogP contribution is -2.17. The average molecular weight is 179 g/mol. The van der Waals surface area contributed by atoms with Crippen molar-refractivity contribution in [1.29, 1.82) is 0 Å². The molecule has 0 aliphatic heterocycles. The van der Waals surface area contributed by atoms with E-state index in [2.05, 4.69) is 25.8 Å². The maximum atomic E-state index is 5.51. The molecular formula is C11H17NO. The Morgan fingerprint density at radius 2 is 2.00 bits per heavy atom. The van der Waals surface area contributed by atoms with Gasteiger partial charge in [-0.25, -0.2) is 4.98 Å². The lowest BCUT2D eigenvalue weighted by atomic mass is 9.99. The third-order valence-corrected chi connectivity index (χ3v) is 1.54. The van der Waals surface area contributed by atoms with Crippen LogP contribution in [0.4, 0.5) is 0 Å². The molecule has 72 valence electrons. The number of aromatic nitrogens is 1. The molecular weight excluding hydrogens is 162 g/mol. The number of aryl methyl sites for hydroxylation is 1. The fourth-order valence-corrected chi connectivity index (χ4v) is 0.830. The molecule has 13 heavy (non-hydrogen) atoms. The van der Waals surface area contributed by atoms with Crippen molar-refractivity contribution in [3.05, 3.63) is 23.9 Å². The summed E-state index contributed by atoms with van der Waals surface area (Å²) in [5.74, 6) is 0.709. The van der Waals surface area contributed by atoms with Gasteiger partial charge in [0, 0.05) is 12.3 Å². The largest absolute Gasteiger partial charge is 0.477 e. The molecule has 1 heterocycles. The fraction of sp³-hybridized carbons (Fsp3) is 0.545. The molecule has 2 heteroatoms. The van der Waals surface area contributed by atoms with Crippen LogP contribution in [0.25, 0.3) is 0 Å². The minimum atomic E-state index is 0.187. The molecule has 0 aliphatic rings. The zero-order valence-electron chi connectivity index (χ0n) is 8.79. The topological polar surface area (TPSA) is 22.1 Å². The van der Waals surface area contributed by atoms with Crippen LogP contribution in [0.3, 0.4) is 0 Å². The first-order valence-electron chi connectivity index (χ1n) is 4.53. The highest BCUT2D eigenvalue weighted by atomic mass is 16.5. The standard InChI is InChI=1S/C11H17NO/c1-9-5-6-10(12-7-9)13-8-11(2,3)4/h5-7H,8H2,1-4H3. The van der Waals surface area contributed by atoms with Gasteiger partial charge in [0.1, 0.15) is 0 Å². The van der Waals surface area contributed by atoms with Crippen LogP contribution in [0.2, 0.25) is 0 Å². The van der Waals surface area contributed by atoms with Crippen molar-refractivity contribution in [3.8, 4) is 5.88 Å². The van der Waals surface area contributed by atoms with E-state index in [4.69, 9.17) is 4.74 Å². The van der Waals surface area contributed by atoms with Crippen LogP contribution >= 0.6 is 0 Å². The summed E-state index contributed by atoms with van der Waals surface area (Å²) in [4.78, 5) is 4.16. The van der Waals surface area contributed by atoms with Crippen LogP contribution in [0.1, 0.15) is 26.3 Å². The van der Waals surface area contributed by atoms with Gasteiger partial charge in [-0.15, -0.1) is 0 Å². The number of ether oxygens (including phenoxy) is 1. The molecule has 0 spiro atoms. The molecule has 1 rings (SSSR count). The molecule has 2 nitrogen and oxygen atoms in total. The summed E-state index contributed by atoms with van der Waals surface area (Å²) < 4.78 is 5.51. The zero-order valence-corrected chi connectivity index (χ0v) is 8.79. The van der Waals surface area contributed by atoms with Crippen LogP contribution in [-0.2, 0) is 0 Å². The minimum Gasteiger partial charge on any atom is -0.477 e. The fourth-order valence-electron chi connectivity index (χ4n) is 0.830. The first kappa shape index (κ1) is 10.0. The van der Waals surface area contributed by atoms with Gasteiger partial charge in [-0.1, -0.05) is 26.8 Å². The highest BCUT2D eigenvalue weighted by Crippen LogP contribution is 2.15. The second kappa shape index (κ2) is 3.77. The average Bonchev–Trinajstić information content (AvgIpc) is 2.02. The van der Waals surface area contributed by atoms with E-state index in [0.717, 1.165) is 5.56 Å². The summed E-state index contributed by atoms with van der Waals surface area (Å²) in [5, 5.41) is 0. The first-order valence-corrected chi connectivity index (χ1v) is 4.53. The number of nitrogens with zero attached hydrogens (tertiary/aromatic N) is 1. The van der Waals surface area contributed by atoms with Crippen molar-refractivity contribution >= 4 is 0 Å². The number of pyridine rings is 1. The summed E-state index contributed by atoms with van der Waals surface area (Å²) in [6.07, 6.45) is 1.82. The van der Waals surface area contributed by atoms with E-state index in [0.29, 0.717) is 12.5 Å². The maximum absolute atomic E-state index is 5.51. The summed E-state index contributed by atoms with van der Waals surface area (Å²) in [5.41, 5.74) is 1.34. The first-order chi connectivity index (χ1) is 5.97. The molecule has 0 fully saturated rings. The Bertz CT molecular complexity index is 258. The van der Waals surface area contributed by atoms with Gasteiger partial charge in [0.25, 0.3) is 0 Å². The van der Waals surface area contributed by atoms with Crippen molar-refractivity contribution in [2.24, 2.45) is 5.41 Å². The molecule has 0 saturated heterocycles. The van der Waals surface area contributed by atoms with E-state index in [1.165, 1.54) is 0 Å². The Hall–Kier alpha value is -1.05. The third kappa shape index (κ3) is 3.92. The van der Waals surface area contributed by atoms with Gasteiger partial charge in [0.15, 0.2) is 0 Å². The van der Waals surface area contributed by atoms with Crippen molar-refractivity contribution in [2.45, 2.75) is 27.7 Å². The van der Waals surface area contributed by atoms with Gasteiger partial charge in [0.2, 0.25) is 5.88 Å². The highest BCUT2D eigenvalue weighted by Gasteiger charge is 2.10. The Morgan fingerprint density at radius 1 is 1.31 bits per heavy atom. The smallest absolute Gasteiger partial charge is 0.213 e. The Morgan fingerprint density at radius 3 is 2.46 bits per heavy atom. The van der Waals surface area contributed by atoms with Crippen LogP contribution < -0.4 is 4.74 Å². The van der Waals surface area contributed by atoms with Crippen LogP contribution in [0.15, 0.2) is 18.3 Å². The molecule has 1 aromatic heterocycles. The van der Waals surface area contributed by atoms with E-state index in [-0.39, 0.29) is 5.41 Å². The van der Waals surface area contributed by atoms with Crippen LogP contribution in [0.5, 0.6) is 5.88 Å². The molecule has 0 bridgehead atoms. The zero-order chi connectivity index (χ0) is 9.90. The van der Waals surface area contributed by atoms with E-state index < -0.39 is 0 Å². The van der Waals surface area contributed by atoms with Crippen LogP contribution in [0, 0.1) is 12.3 Å². The molecule has 0 saturated carbocycles. The quantitative estimate of drug-likeness (QED) is 0.696. The molecule has 0 amide bonds. The summed E-state index contributed by atoms with van der Waals surface area (Å²) in [7, 11) is 0. The number of rotatable bonds is 2. The minimum absolute atomic E-state index is 0.187. The molecule has 0 atom stereocenters. The lowest BCUT2D eigenvalue weighted by molar-refractivity contribution is 0.191. The van der Waals surface area contributed by atoms with E-state index >= 15 is 0 Å². The second-order valence-corrected chi connectivity index (χ2v) is 4.52. The van der Waals surface area contributed by atoms with E-state index in [1.807, 2.05) is 25.3 Å². The van der Waals surface area contributed by atoms with Gasteiger partial charge in [-0.05, 0) is 17.9 Å². The lowest BCUT2D eigenvalue weighted by Gasteiger charge is -2.18. The van der Waals surface area contributed by atoms with Gasteiger partial charge >= 0.3 is 0 Å². The summed E-state index contributed by atoms with van der Waals surface area (Å²) in [6.45, 7) is 9.13. The Kier molecular flexibility index (Phi) is 2.91. The normalized spacial score (nSPS) is 11.4. The molecule has 1 aromatic rings. The van der Waals surface area contributed by atoms with Gasteiger partial charge in [0.05, 0.1) is 6.61 Å². The van der Waals surface area contributed by atoms with Crippen LogP contribution in [-0.4, -0.2) is 11.6 Å². The molecule has 0 radical (unpaired) electrons. The van der Waals surface area contributed by atoms with Gasteiger partial charge in [-0.2, -0.15) is 0 Å². The third-order valence-electron chi connectivity index (χ3n) is 1.54. The highest BCUT2D eigenvalue weighted by molar-refractivity contribution is 5.16. The summed E-state index contributed by atoms with van der Waals surface area (Å²) >= 11 is 0. The van der Waals surface area contributed by atoms with Gasteiger partial charge in [-0.3, -0.25) is 0 Å². The Labute approximate surface area is 80.0 Å². The van der Waals surface area contributed by atoms with Gasteiger partial charge < -0.3 is 4.74 Å². The van der Waals surface area contributed by atoms with Crippen molar-refractivity contribution in [1.82, 2.24) is 4.98 Å². The number of hydrogen-bond acceptors (Lipinski definition) is 2. The molecule has 0 aliphatic carbocycles. The summed E-state index contributed by atoms with van der Waals surface area (Å²) in [6, 6.07) is 3.91. The van der Waals surface area contributed by atoms with Crippen molar-refractivity contribution < 1.29 is 4.74 Å². The van der Waals surface area contributed by atoms with E-state index in [1.54, 1.807) is 0 Å². The van der Waals surface area contributed by atoms with E-state index in [9.17, 15) is 0 Å². The maximum Gasteiger partial charge on any atom is 0.213 e. The van der Waals surface area contributed by atoms with Crippen molar-refractivity contribution in [2.75, 3.05) is 6.61 Å². The molecule has 0 N–H and O–H groups in total. The predicted octanol–water partition coefficient (Wildman–Crippen LogP) is 2.81. The Balaban J connectivity index is 2.51. The second-order valence-electron chi connectivity index (χ2n) is 4.52. The molecule has 0 unspecified atom stereocenters. The molecule has 0 aromatic carbocycles.